The maximum Gasteiger partial charge on any atom is 0.435 e. The Balaban J connectivity index is 1.82. The topological polar surface area (TPSA) is 127 Å². The van der Waals surface area contributed by atoms with Gasteiger partial charge in [-0.05, 0) is 41.5 Å². The molecule has 2 aromatic carbocycles. The Morgan fingerprint density at radius 1 is 1.03 bits per heavy atom. The van der Waals surface area contributed by atoms with Gasteiger partial charge in [0.2, 0.25) is 0 Å². The number of anilines is 1. The van der Waals surface area contributed by atoms with Gasteiger partial charge in [-0.1, -0.05) is 35.9 Å². The number of nitrogens with zero attached hydrogens (tertiary/aromatic N) is 3. The largest absolute Gasteiger partial charge is 0.452 e. The van der Waals surface area contributed by atoms with Crippen LogP contribution in [0.4, 0.5) is 23.7 Å². The van der Waals surface area contributed by atoms with E-state index in [0.717, 1.165) is 7.11 Å². The van der Waals surface area contributed by atoms with E-state index in [2.05, 4.69) is 25.6 Å². The number of pyridine rings is 1. The van der Waals surface area contributed by atoms with Crippen LogP contribution in [0.2, 0.25) is 5.02 Å². The molecule has 3 N–H and O–H groups in total. The molecule has 0 unspecified atom stereocenters. The van der Waals surface area contributed by atoms with Crippen molar-refractivity contribution in [2.45, 2.75) is 13.1 Å². The van der Waals surface area contributed by atoms with Crippen molar-refractivity contribution in [3.63, 3.8) is 0 Å². The summed E-state index contributed by atoms with van der Waals surface area (Å²) in [5.74, 6) is -2.05. The van der Waals surface area contributed by atoms with Crippen molar-refractivity contribution < 1.29 is 32.3 Å². The average molecular weight is 547 g/mol. The number of hydrazine groups is 1. The summed E-state index contributed by atoms with van der Waals surface area (Å²) in [6, 6.07) is 11.8. The number of rotatable bonds is 4. The molecule has 0 bridgehead atoms. The standard InChI is InChI=1S/C24H18ClF3N6O4/c1-12-14-7-4-3-6-13(14)10-15(21(35)31-32-23(37)38-2)19(12)30-22(36)17-11-18(24(26,27)28)33-34(17)20-16(25)8-5-9-29-20/h3-11H,1-2H3,(H,30,36)(H,31,35)(H,32,37). The molecule has 38 heavy (non-hydrogen) atoms. The van der Waals surface area contributed by atoms with Crippen LogP contribution in [0.5, 0.6) is 0 Å². The smallest absolute Gasteiger partial charge is 0.435 e. The number of hydrogen-bond donors (Lipinski definition) is 3. The van der Waals surface area contributed by atoms with Crippen LogP contribution in [0.1, 0.15) is 32.1 Å². The van der Waals surface area contributed by atoms with Crippen LogP contribution in [0.25, 0.3) is 16.6 Å². The molecule has 0 spiro atoms. The molecule has 4 aromatic rings. The number of aromatic nitrogens is 3. The molecule has 0 aliphatic heterocycles. The first-order valence-electron chi connectivity index (χ1n) is 10.8. The van der Waals surface area contributed by atoms with E-state index in [1.807, 2.05) is 5.43 Å². The van der Waals surface area contributed by atoms with E-state index in [1.165, 1.54) is 24.4 Å². The third-order valence-electron chi connectivity index (χ3n) is 5.43. The lowest BCUT2D eigenvalue weighted by Crippen LogP contribution is -2.41. The minimum absolute atomic E-state index is 0.00806. The Kier molecular flexibility index (Phi) is 7.21. The number of aryl methyl sites for hydroxylation is 1. The van der Waals surface area contributed by atoms with Gasteiger partial charge in [-0.2, -0.15) is 18.3 Å². The fraction of sp³-hybridized carbons (Fsp3) is 0.125. The van der Waals surface area contributed by atoms with E-state index in [1.54, 1.807) is 31.2 Å². The van der Waals surface area contributed by atoms with Crippen LogP contribution < -0.4 is 16.2 Å². The lowest BCUT2D eigenvalue weighted by Gasteiger charge is -2.17. The summed E-state index contributed by atoms with van der Waals surface area (Å²) in [7, 11) is 1.10. The number of amides is 3. The molecular weight excluding hydrogens is 529 g/mol. The molecule has 0 saturated heterocycles. The minimum atomic E-state index is -4.87. The number of halogens is 4. The molecule has 2 aromatic heterocycles. The second-order valence-corrected chi connectivity index (χ2v) is 8.21. The number of ether oxygens (including phenoxy) is 1. The molecule has 196 valence electrons. The highest BCUT2D eigenvalue weighted by Crippen LogP contribution is 2.33. The molecular formula is C24H18ClF3N6O4. The molecule has 10 nitrogen and oxygen atoms in total. The maximum atomic E-state index is 13.5. The number of fused-ring (bicyclic) bond motifs is 1. The van der Waals surface area contributed by atoms with Gasteiger partial charge in [0.15, 0.2) is 11.5 Å². The van der Waals surface area contributed by atoms with Crippen LogP contribution in [-0.2, 0) is 10.9 Å². The second kappa shape index (κ2) is 10.4. The number of benzene rings is 2. The van der Waals surface area contributed by atoms with Crippen LogP contribution >= 0.6 is 11.6 Å². The van der Waals surface area contributed by atoms with Gasteiger partial charge in [-0.3, -0.25) is 15.0 Å². The van der Waals surface area contributed by atoms with Crippen molar-refractivity contribution in [3.05, 3.63) is 82.3 Å². The van der Waals surface area contributed by atoms with E-state index < -0.39 is 35.5 Å². The summed E-state index contributed by atoms with van der Waals surface area (Å²) in [4.78, 5) is 41.7. The lowest BCUT2D eigenvalue weighted by molar-refractivity contribution is -0.141. The first-order chi connectivity index (χ1) is 18.0. The molecule has 2 heterocycles. The van der Waals surface area contributed by atoms with Gasteiger partial charge in [0.1, 0.15) is 5.69 Å². The summed E-state index contributed by atoms with van der Waals surface area (Å²) in [6.07, 6.45) is -4.54. The van der Waals surface area contributed by atoms with Gasteiger partial charge in [0.05, 0.1) is 23.4 Å². The Hall–Kier alpha value is -4.65. The van der Waals surface area contributed by atoms with Crippen molar-refractivity contribution in [1.29, 1.82) is 0 Å². The van der Waals surface area contributed by atoms with Gasteiger partial charge in [0, 0.05) is 12.3 Å². The van der Waals surface area contributed by atoms with Crippen LogP contribution in [0.3, 0.4) is 0 Å². The SMILES string of the molecule is COC(=O)NNC(=O)c1cc2ccccc2c(C)c1NC(=O)c1cc(C(F)(F)F)nn1-c1ncccc1Cl. The first-order valence-corrected chi connectivity index (χ1v) is 11.1. The molecule has 14 heteroatoms. The summed E-state index contributed by atoms with van der Waals surface area (Å²) in [5, 5.41) is 7.28. The zero-order valence-electron chi connectivity index (χ0n) is 19.7. The molecule has 0 radical (unpaired) electrons. The van der Waals surface area contributed by atoms with Crippen molar-refractivity contribution in [2.24, 2.45) is 0 Å². The summed E-state index contributed by atoms with van der Waals surface area (Å²) in [6.45, 7) is 1.62. The Morgan fingerprint density at radius 3 is 2.45 bits per heavy atom. The molecule has 4 rings (SSSR count). The lowest BCUT2D eigenvalue weighted by atomic mass is 9.98. The van der Waals surface area contributed by atoms with Gasteiger partial charge in [-0.25, -0.2) is 19.9 Å². The highest BCUT2D eigenvalue weighted by Gasteiger charge is 2.37. The average Bonchev–Trinajstić information content (AvgIpc) is 3.35. The summed E-state index contributed by atoms with van der Waals surface area (Å²) >= 11 is 6.11. The fourth-order valence-electron chi connectivity index (χ4n) is 3.65. The zero-order valence-corrected chi connectivity index (χ0v) is 20.4. The number of alkyl halides is 3. The third-order valence-corrected chi connectivity index (χ3v) is 5.72. The predicted octanol–water partition coefficient (Wildman–Crippen LogP) is 4.65. The van der Waals surface area contributed by atoms with E-state index >= 15 is 0 Å². The van der Waals surface area contributed by atoms with Crippen LogP contribution in [0.15, 0.2) is 54.7 Å². The predicted molar refractivity (Wildman–Crippen MR) is 131 cm³/mol. The number of carbonyl (C=O) groups is 3. The molecule has 0 fully saturated rings. The van der Waals surface area contributed by atoms with Gasteiger partial charge < -0.3 is 10.1 Å². The number of nitrogens with one attached hydrogen (secondary N) is 3. The highest BCUT2D eigenvalue weighted by atomic mass is 35.5. The highest BCUT2D eigenvalue weighted by molar-refractivity contribution is 6.32. The van der Waals surface area contributed by atoms with Crippen molar-refractivity contribution in [3.8, 4) is 5.82 Å². The zero-order chi connectivity index (χ0) is 27.6. The number of methoxy groups -OCH3 is 1. The number of hydrogen-bond acceptors (Lipinski definition) is 6. The summed E-state index contributed by atoms with van der Waals surface area (Å²) < 4.78 is 45.7. The van der Waals surface area contributed by atoms with E-state index in [9.17, 15) is 27.6 Å². The van der Waals surface area contributed by atoms with Gasteiger partial charge in [0.25, 0.3) is 11.8 Å². The van der Waals surface area contributed by atoms with Gasteiger partial charge in [-0.15, -0.1) is 0 Å². The van der Waals surface area contributed by atoms with Crippen LogP contribution in [0, 0.1) is 6.92 Å². The van der Waals surface area contributed by atoms with Crippen molar-refractivity contribution in [2.75, 3.05) is 12.4 Å². The van der Waals surface area contributed by atoms with Crippen molar-refractivity contribution in [1.82, 2.24) is 25.6 Å². The van der Waals surface area contributed by atoms with E-state index in [0.29, 0.717) is 27.1 Å². The third kappa shape index (κ3) is 5.22. The van der Waals surface area contributed by atoms with Gasteiger partial charge >= 0.3 is 12.3 Å². The first kappa shape index (κ1) is 26.4. The van der Waals surface area contributed by atoms with Crippen molar-refractivity contribution >= 4 is 46.0 Å². The maximum absolute atomic E-state index is 13.5. The van der Waals surface area contributed by atoms with E-state index in [-0.39, 0.29) is 22.1 Å². The normalized spacial score (nSPS) is 11.2. The second-order valence-electron chi connectivity index (χ2n) is 7.80. The molecule has 3 amide bonds. The monoisotopic (exact) mass is 546 g/mol. The molecule has 0 saturated carbocycles. The quantitative estimate of drug-likeness (QED) is 0.320. The Bertz CT molecular complexity index is 1570. The molecule has 0 aliphatic carbocycles. The minimum Gasteiger partial charge on any atom is -0.452 e. The summed E-state index contributed by atoms with van der Waals surface area (Å²) in [5.41, 5.74) is 2.66. The number of carbonyl (C=O) groups excluding carboxylic acids is 3. The Labute approximate surface area is 217 Å². The van der Waals surface area contributed by atoms with Crippen LogP contribution in [-0.4, -0.2) is 39.8 Å². The fourth-order valence-corrected chi connectivity index (χ4v) is 3.85. The molecule has 0 aliphatic rings. The Morgan fingerprint density at radius 2 is 1.76 bits per heavy atom. The van der Waals surface area contributed by atoms with E-state index in [4.69, 9.17) is 11.6 Å². The molecule has 0 atom stereocenters.